The second kappa shape index (κ2) is 16.4. The van der Waals surface area contributed by atoms with E-state index in [1.165, 1.54) is 18.1 Å². The minimum absolute atomic E-state index is 0.00361. The average molecular weight is 723 g/mol. The van der Waals surface area contributed by atoms with Gasteiger partial charge in [0, 0.05) is 37.0 Å². The molecular weight excluding hydrogens is 666 g/mol. The van der Waals surface area contributed by atoms with Crippen LogP contribution in [0.1, 0.15) is 81.5 Å². The van der Waals surface area contributed by atoms with Crippen LogP contribution in [-0.4, -0.2) is 66.6 Å². The fourth-order valence-corrected chi connectivity index (χ4v) is 9.36. The standard InChI is InChI=1S/C44H55N3O6/c1-29(2)35(23-30(3)48)42(50)53-34-19-18-33-26-40-36-17-11-12-20-44(36,37(33)27-34)21-22-47(40,4)28-52-43(51)39(25-32-15-9-6-10-16-32)46-41(49)38(45)24-31-13-7-5-8-14-31/h5-10,13-16,18-19,27,29,35-36,38-40H,11-12,17,20-26,28,45H2,1-4H3/p+1/t35?,36-,38?,39?,40+,44+,47?/m0/s1. The van der Waals surface area contributed by atoms with E-state index in [1.807, 2.05) is 80.6 Å². The molecule has 7 atom stereocenters. The number of nitrogens with one attached hydrogen (secondary N) is 1. The normalized spacial score (nSPS) is 24.9. The Morgan fingerprint density at radius 1 is 0.906 bits per heavy atom. The molecule has 3 aromatic rings. The highest BCUT2D eigenvalue weighted by Crippen LogP contribution is 2.57. The summed E-state index contributed by atoms with van der Waals surface area (Å²) in [5.41, 5.74) is 10.7. The molecular formula is C44H56N3O6+. The summed E-state index contributed by atoms with van der Waals surface area (Å²) in [7, 11) is 2.21. The monoisotopic (exact) mass is 722 g/mol. The molecule has 0 spiro atoms. The molecule has 1 aliphatic heterocycles. The highest BCUT2D eigenvalue weighted by Gasteiger charge is 2.59. The lowest BCUT2D eigenvalue weighted by molar-refractivity contribution is -0.959. The molecule has 1 saturated heterocycles. The van der Waals surface area contributed by atoms with E-state index in [9.17, 15) is 19.2 Å². The van der Waals surface area contributed by atoms with Crippen LogP contribution in [-0.2, 0) is 48.6 Å². The van der Waals surface area contributed by atoms with Gasteiger partial charge in [0.1, 0.15) is 17.6 Å². The van der Waals surface area contributed by atoms with Crippen LogP contribution in [0.15, 0.2) is 78.9 Å². The smallest absolute Gasteiger partial charge is 0.333 e. The van der Waals surface area contributed by atoms with Crippen molar-refractivity contribution in [2.75, 3.05) is 20.3 Å². The number of esters is 2. The Bertz CT molecular complexity index is 1780. The summed E-state index contributed by atoms with van der Waals surface area (Å²) in [5, 5.41) is 2.93. The number of ketones is 1. The second-order valence-electron chi connectivity index (χ2n) is 16.4. The molecule has 1 heterocycles. The number of hydrogen-bond acceptors (Lipinski definition) is 7. The molecule has 2 fully saturated rings. The highest BCUT2D eigenvalue weighted by molar-refractivity contribution is 5.88. The molecule has 4 unspecified atom stereocenters. The zero-order valence-corrected chi connectivity index (χ0v) is 31.7. The number of piperidine rings is 1. The molecule has 2 aliphatic carbocycles. The number of likely N-dealkylation sites (tertiary alicyclic amines) is 1. The van der Waals surface area contributed by atoms with E-state index >= 15 is 0 Å². The molecule has 0 aromatic heterocycles. The summed E-state index contributed by atoms with van der Waals surface area (Å²) in [6.45, 7) is 6.46. The van der Waals surface area contributed by atoms with Gasteiger partial charge in [-0.05, 0) is 66.5 Å². The van der Waals surface area contributed by atoms with Crippen LogP contribution in [0.3, 0.4) is 0 Å². The highest BCUT2D eigenvalue weighted by atomic mass is 16.6. The van der Waals surface area contributed by atoms with E-state index in [0.717, 1.165) is 56.2 Å². The average Bonchev–Trinajstić information content (AvgIpc) is 3.15. The van der Waals surface area contributed by atoms with Crippen LogP contribution in [0, 0.1) is 17.8 Å². The van der Waals surface area contributed by atoms with Crippen molar-refractivity contribution in [1.29, 1.82) is 0 Å². The first-order valence-corrected chi connectivity index (χ1v) is 19.4. The van der Waals surface area contributed by atoms with Gasteiger partial charge < -0.3 is 25.3 Å². The van der Waals surface area contributed by atoms with Crippen molar-refractivity contribution in [2.45, 2.75) is 102 Å². The van der Waals surface area contributed by atoms with Crippen LogP contribution >= 0.6 is 0 Å². The molecule has 3 aliphatic rings. The number of Topliss-reactive ketones (excluding diaryl/α,β-unsaturated/α-hetero) is 1. The second-order valence-corrected chi connectivity index (χ2v) is 16.4. The minimum Gasteiger partial charge on any atom is -0.426 e. The van der Waals surface area contributed by atoms with Crippen molar-refractivity contribution >= 4 is 23.6 Å². The first-order valence-electron chi connectivity index (χ1n) is 19.4. The summed E-state index contributed by atoms with van der Waals surface area (Å²) in [6, 6.07) is 23.9. The van der Waals surface area contributed by atoms with Gasteiger partial charge in [-0.2, -0.15) is 0 Å². The number of likely N-dealkylation sites (N-methyl/N-ethyl adjacent to an activating group) is 1. The van der Waals surface area contributed by atoms with Gasteiger partial charge in [0.15, 0.2) is 0 Å². The maximum absolute atomic E-state index is 13.9. The predicted molar refractivity (Wildman–Crippen MR) is 204 cm³/mol. The maximum atomic E-state index is 13.9. The molecule has 282 valence electrons. The largest absolute Gasteiger partial charge is 0.426 e. The molecule has 9 heteroatoms. The number of carbonyl (C=O) groups is 4. The van der Waals surface area contributed by atoms with Crippen LogP contribution in [0.25, 0.3) is 0 Å². The molecule has 53 heavy (non-hydrogen) atoms. The summed E-state index contributed by atoms with van der Waals surface area (Å²) in [4.78, 5) is 52.4. The fraction of sp³-hybridized carbons (Fsp3) is 0.500. The summed E-state index contributed by atoms with van der Waals surface area (Å²) >= 11 is 0. The van der Waals surface area contributed by atoms with Gasteiger partial charge in [-0.3, -0.25) is 14.1 Å². The summed E-state index contributed by atoms with van der Waals surface area (Å²) in [6.07, 6.45) is 7.08. The first-order chi connectivity index (χ1) is 25.4. The van der Waals surface area contributed by atoms with Crippen molar-refractivity contribution in [3.05, 3.63) is 101 Å². The van der Waals surface area contributed by atoms with Gasteiger partial charge in [-0.1, -0.05) is 93.4 Å². The maximum Gasteiger partial charge on any atom is 0.333 e. The third-order valence-electron chi connectivity index (χ3n) is 12.3. The molecule has 0 radical (unpaired) electrons. The lowest BCUT2D eigenvalue weighted by Gasteiger charge is -2.61. The zero-order valence-electron chi connectivity index (χ0n) is 31.7. The van der Waals surface area contributed by atoms with E-state index < -0.39 is 24.0 Å². The number of nitrogens with two attached hydrogens (primary N) is 1. The third-order valence-corrected chi connectivity index (χ3v) is 12.3. The SMILES string of the molecule is CC(=O)CC(C(=O)Oc1ccc2c(c1)[C@@]13CCCC[C@H]1[C@@H](C2)[N+](C)(COC(=O)C(Cc1ccccc1)NC(=O)C(N)Cc1ccccc1)CC3)C(C)C. The minimum atomic E-state index is -0.879. The molecule has 6 rings (SSSR count). The van der Waals surface area contributed by atoms with E-state index in [-0.39, 0.29) is 48.2 Å². The number of quaternary nitrogens is 1. The molecule has 1 saturated carbocycles. The third kappa shape index (κ3) is 8.57. The van der Waals surface area contributed by atoms with Gasteiger partial charge in [0.2, 0.25) is 12.6 Å². The van der Waals surface area contributed by atoms with E-state index in [1.54, 1.807) is 0 Å². The van der Waals surface area contributed by atoms with Gasteiger partial charge in [0.05, 0.1) is 31.6 Å². The van der Waals surface area contributed by atoms with Crippen LogP contribution in [0.5, 0.6) is 5.75 Å². The van der Waals surface area contributed by atoms with Crippen LogP contribution < -0.4 is 15.8 Å². The Morgan fingerprint density at radius 3 is 2.25 bits per heavy atom. The molecule has 3 N–H and O–H groups in total. The Morgan fingerprint density at radius 2 is 1.58 bits per heavy atom. The number of nitrogens with zero attached hydrogens (tertiary/aromatic N) is 1. The predicted octanol–water partition coefficient (Wildman–Crippen LogP) is 5.84. The Labute approximate surface area is 314 Å². The van der Waals surface area contributed by atoms with Crippen molar-refractivity contribution in [3.63, 3.8) is 0 Å². The summed E-state index contributed by atoms with van der Waals surface area (Å²) in [5.74, 6) is -0.751. The number of carbonyl (C=O) groups excluding carboxylic acids is 4. The van der Waals surface area contributed by atoms with Crippen LogP contribution in [0.2, 0.25) is 0 Å². The molecule has 1 amide bonds. The lowest BCUT2D eigenvalue weighted by Crippen LogP contribution is -2.69. The van der Waals surface area contributed by atoms with Crippen molar-refractivity contribution in [2.24, 2.45) is 23.5 Å². The summed E-state index contributed by atoms with van der Waals surface area (Å²) < 4.78 is 12.8. The molecule has 2 bridgehead atoms. The Kier molecular flexibility index (Phi) is 11.8. The van der Waals surface area contributed by atoms with Crippen molar-refractivity contribution in [1.82, 2.24) is 5.32 Å². The van der Waals surface area contributed by atoms with Crippen molar-refractivity contribution in [3.8, 4) is 5.75 Å². The number of ether oxygens (including phenoxy) is 2. The van der Waals surface area contributed by atoms with Crippen LogP contribution in [0.4, 0.5) is 0 Å². The Hall–Kier alpha value is -4.34. The fourth-order valence-electron chi connectivity index (χ4n) is 9.36. The quantitative estimate of drug-likeness (QED) is 0.122. The number of benzene rings is 3. The van der Waals surface area contributed by atoms with Gasteiger partial charge in [-0.25, -0.2) is 4.79 Å². The number of fused-ring (bicyclic) bond motifs is 1. The zero-order chi connectivity index (χ0) is 37.8. The van der Waals surface area contributed by atoms with E-state index in [4.69, 9.17) is 15.2 Å². The van der Waals surface area contributed by atoms with E-state index in [0.29, 0.717) is 29.0 Å². The number of amides is 1. The van der Waals surface area contributed by atoms with Crippen molar-refractivity contribution < 1.29 is 33.1 Å². The van der Waals surface area contributed by atoms with E-state index in [2.05, 4.69) is 24.5 Å². The van der Waals surface area contributed by atoms with Gasteiger partial charge in [0.25, 0.3) is 0 Å². The number of hydrogen-bond donors (Lipinski definition) is 2. The molecule has 3 aromatic carbocycles. The van der Waals surface area contributed by atoms with Gasteiger partial charge >= 0.3 is 11.9 Å². The topological polar surface area (TPSA) is 125 Å². The first kappa shape index (κ1) is 38.4. The molecule has 9 nitrogen and oxygen atoms in total. The number of rotatable bonds is 14. The van der Waals surface area contributed by atoms with Gasteiger partial charge in [-0.15, -0.1) is 0 Å². The lowest BCUT2D eigenvalue weighted by atomic mass is 9.52. The Balaban J connectivity index is 1.18.